The van der Waals surface area contributed by atoms with E-state index < -0.39 is 11.7 Å². The Kier molecular flexibility index (Phi) is 2.88. The molecule has 2 rings (SSSR count). The van der Waals surface area contributed by atoms with Crippen LogP contribution in [0.4, 0.5) is 13.2 Å². The second-order valence-electron chi connectivity index (χ2n) is 3.72. The predicted molar refractivity (Wildman–Crippen MR) is 59.3 cm³/mol. The standard InChI is InChI=1S/C11H10F3NS/c12-11(13,14)9-4-1-3-8(7-9)10(16)15-5-2-6-15/h1,3-4,7H,2,5-6H2. The predicted octanol–water partition coefficient (Wildman–Crippen LogP) is 3.09. The zero-order valence-electron chi connectivity index (χ0n) is 8.42. The first-order valence-electron chi connectivity index (χ1n) is 4.95. The van der Waals surface area contributed by atoms with Crippen molar-refractivity contribution in [1.82, 2.24) is 4.90 Å². The Labute approximate surface area is 96.9 Å². The van der Waals surface area contributed by atoms with Gasteiger partial charge in [0.2, 0.25) is 0 Å². The summed E-state index contributed by atoms with van der Waals surface area (Å²) in [7, 11) is 0. The van der Waals surface area contributed by atoms with Crippen LogP contribution in [0.3, 0.4) is 0 Å². The van der Waals surface area contributed by atoms with Gasteiger partial charge in [-0.05, 0) is 18.6 Å². The molecule has 0 amide bonds. The first-order valence-corrected chi connectivity index (χ1v) is 5.36. The van der Waals surface area contributed by atoms with Gasteiger partial charge in [0.1, 0.15) is 4.99 Å². The van der Waals surface area contributed by atoms with Crippen LogP contribution >= 0.6 is 12.2 Å². The second kappa shape index (κ2) is 4.05. The maximum Gasteiger partial charge on any atom is 0.416 e. The fraction of sp³-hybridized carbons (Fsp3) is 0.364. The van der Waals surface area contributed by atoms with Gasteiger partial charge in [0.15, 0.2) is 0 Å². The molecule has 1 saturated heterocycles. The molecule has 1 aromatic carbocycles. The van der Waals surface area contributed by atoms with Gasteiger partial charge < -0.3 is 4.90 Å². The molecule has 16 heavy (non-hydrogen) atoms. The third kappa shape index (κ3) is 2.19. The lowest BCUT2D eigenvalue weighted by Gasteiger charge is -2.33. The summed E-state index contributed by atoms with van der Waals surface area (Å²) in [5.41, 5.74) is -0.169. The molecule has 0 aromatic heterocycles. The molecule has 0 spiro atoms. The van der Waals surface area contributed by atoms with Gasteiger partial charge in [-0.25, -0.2) is 0 Å². The van der Waals surface area contributed by atoms with Crippen molar-refractivity contribution < 1.29 is 13.2 Å². The molecule has 0 aliphatic carbocycles. The molecule has 0 atom stereocenters. The number of halogens is 3. The number of likely N-dealkylation sites (tertiary alicyclic amines) is 1. The fourth-order valence-corrected chi connectivity index (χ4v) is 1.84. The van der Waals surface area contributed by atoms with Crippen molar-refractivity contribution in [2.45, 2.75) is 12.6 Å². The van der Waals surface area contributed by atoms with E-state index in [1.807, 2.05) is 4.90 Å². The van der Waals surface area contributed by atoms with Gasteiger partial charge >= 0.3 is 6.18 Å². The number of hydrogen-bond acceptors (Lipinski definition) is 1. The molecular weight excluding hydrogens is 235 g/mol. The first kappa shape index (κ1) is 11.4. The van der Waals surface area contributed by atoms with E-state index in [9.17, 15) is 13.2 Å². The molecule has 0 bridgehead atoms. The van der Waals surface area contributed by atoms with Crippen molar-refractivity contribution in [3.63, 3.8) is 0 Å². The Balaban J connectivity index is 2.25. The van der Waals surface area contributed by atoms with Crippen molar-refractivity contribution >= 4 is 17.2 Å². The Morgan fingerprint density at radius 2 is 1.94 bits per heavy atom. The van der Waals surface area contributed by atoms with Gasteiger partial charge in [-0.2, -0.15) is 13.2 Å². The zero-order valence-corrected chi connectivity index (χ0v) is 9.24. The summed E-state index contributed by atoms with van der Waals surface area (Å²) in [5.74, 6) is 0. The van der Waals surface area contributed by atoms with Gasteiger partial charge in [-0.1, -0.05) is 24.4 Å². The summed E-state index contributed by atoms with van der Waals surface area (Å²) in [6, 6.07) is 5.18. The molecule has 1 aliphatic rings. The fourth-order valence-electron chi connectivity index (χ4n) is 1.53. The second-order valence-corrected chi connectivity index (χ2v) is 4.11. The molecule has 0 radical (unpaired) electrons. The van der Waals surface area contributed by atoms with E-state index in [-0.39, 0.29) is 0 Å². The summed E-state index contributed by atoms with van der Waals surface area (Å²) in [6.45, 7) is 1.68. The van der Waals surface area contributed by atoms with Crippen LogP contribution in [0.15, 0.2) is 24.3 Å². The van der Waals surface area contributed by atoms with E-state index in [0.29, 0.717) is 10.6 Å². The van der Waals surface area contributed by atoms with Gasteiger partial charge in [-0.15, -0.1) is 0 Å². The van der Waals surface area contributed by atoms with Gasteiger partial charge in [0.25, 0.3) is 0 Å². The average molecular weight is 245 g/mol. The minimum absolute atomic E-state index is 0.476. The molecule has 1 fully saturated rings. The Morgan fingerprint density at radius 1 is 1.25 bits per heavy atom. The minimum atomic E-state index is -4.30. The van der Waals surface area contributed by atoms with E-state index >= 15 is 0 Å². The third-order valence-corrected chi connectivity index (χ3v) is 3.07. The molecule has 0 unspecified atom stereocenters. The molecule has 1 aliphatic heterocycles. The van der Waals surface area contributed by atoms with Crippen molar-refractivity contribution in [1.29, 1.82) is 0 Å². The van der Waals surface area contributed by atoms with Crippen LogP contribution in [0.1, 0.15) is 17.5 Å². The topological polar surface area (TPSA) is 3.24 Å². The number of nitrogens with zero attached hydrogens (tertiary/aromatic N) is 1. The summed E-state index contributed by atoms with van der Waals surface area (Å²) < 4.78 is 37.4. The molecule has 1 heterocycles. The number of alkyl halides is 3. The maximum absolute atomic E-state index is 12.5. The highest BCUT2D eigenvalue weighted by atomic mass is 32.1. The largest absolute Gasteiger partial charge is 0.416 e. The number of thiocarbonyl (C=S) groups is 1. The molecule has 0 saturated carbocycles. The van der Waals surface area contributed by atoms with E-state index in [4.69, 9.17) is 12.2 Å². The zero-order chi connectivity index (χ0) is 11.8. The quantitative estimate of drug-likeness (QED) is 0.699. The van der Waals surface area contributed by atoms with Crippen LogP contribution in [0.5, 0.6) is 0 Å². The van der Waals surface area contributed by atoms with E-state index in [2.05, 4.69) is 0 Å². The van der Waals surface area contributed by atoms with E-state index in [0.717, 1.165) is 31.6 Å². The van der Waals surface area contributed by atoms with Crippen molar-refractivity contribution in [2.24, 2.45) is 0 Å². The highest BCUT2D eigenvalue weighted by Crippen LogP contribution is 2.30. The van der Waals surface area contributed by atoms with Crippen LogP contribution in [0.2, 0.25) is 0 Å². The summed E-state index contributed by atoms with van der Waals surface area (Å²) in [4.78, 5) is 2.42. The minimum Gasteiger partial charge on any atom is -0.362 e. The lowest BCUT2D eigenvalue weighted by atomic mass is 10.1. The molecule has 5 heteroatoms. The Morgan fingerprint density at radius 3 is 2.44 bits per heavy atom. The smallest absolute Gasteiger partial charge is 0.362 e. The monoisotopic (exact) mass is 245 g/mol. The lowest BCUT2D eigenvalue weighted by Crippen LogP contribution is -2.41. The molecular formula is C11H10F3NS. The molecule has 86 valence electrons. The van der Waals surface area contributed by atoms with Crippen LogP contribution in [0.25, 0.3) is 0 Å². The van der Waals surface area contributed by atoms with Crippen molar-refractivity contribution in [2.75, 3.05) is 13.1 Å². The third-order valence-electron chi connectivity index (χ3n) is 2.58. The van der Waals surface area contributed by atoms with Crippen molar-refractivity contribution in [3.05, 3.63) is 35.4 Å². The van der Waals surface area contributed by atoms with E-state index in [1.165, 1.54) is 6.07 Å². The Bertz CT molecular complexity index is 410. The number of hydrogen-bond donors (Lipinski definition) is 0. The van der Waals surface area contributed by atoms with Gasteiger partial charge in [-0.3, -0.25) is 0 Å². The highest BCUT2D eigenvalue weighted by molar-refractivity contribution is 7.80. The number of rotatable bonds is 1. The lowest BCUT2D eigenvalue weighted by molar-refractivity contribution is -0.137. The van der Waals surface area contributed by atoms with Crippen LogP contribution in [-0.2, 0) is 6.18 Å². The number of benzene rings is 1. The first-order chi connectivity index (χ1) is 7.48. The average Bonchev–Trinajstić information content (AvgIpc) is 2.14. The normalized spacial score (nSPS) is 15.8. The summed E-state index contributed by atoms with van der Waals surface area (Å²) in [5, 5.41) is 0. The Hall–Kier alpha value is -1.10. The molecule has 1 nitrogen and oxygen atoms in total. The van der Waals surface area contributed by atoms with Crippen LogP contribution < -0.4 is 0 Å². The van der Waals surface area contributed by atoms with Crippen molar-refractivity contribution in [3.8, 4) is 0 Å². The summed E-state index contributed by atoms with van der Waals surface area (Å²) in [6.07, 6.45) is -3.25. The van der Waals surface area contributed by atoms with Crippen LogP contribution in [0, 0.1) is 0 Å². The summed E-state index contributed by atoms with van der Waals surface area (Å²) >= 11 is 5.13. The molecule has 1 aromatic rings. The van der Waals surface area contributed by atoms with Gasteiger partial charge in [0, 0.05) is 18.7 Å². The SMILES string of the molecule is FC(F)(F)c1cccc(C(=S)N2CCC2)c1. The van der Waals surface area contributed by atoms with E-state index in [1.54, 1.807) is 6.07 Å². The molecule has 0 N–H and O–H groups in total. The van der Waals surface area contributed by atoms with Crippen LogP contribution in [-0.4, -0.2) is 23.0 Å². The highest BCUT2D eigenvalue weighted by Gasteiger charge is 2.31. The van der Waals surface area contributed by atoms with Gasteiger partial charge in [0.05, 0.1) is 5.56 Å². The maximum atomic E-state index is 12.5.